The number of hydrogen-bond acceptors (Lipinski definition) is 4. The van der Waals surface area contributed by atoms with Crippen LogP contribution in [0.15, 0.2) is 24.8 Å². The third-order valence-corrected chi connectivity index (χ3v) is 2.71. The summed E-state index contributed by atoms with van der Waals surface area (Å²) >= 11 is 0. The Hall–Kier alpha value is -1.62. The van der Waals surface area contributed by atoms with E-state index in [1.54, 1.807) is 12.2 Å². The highest BCUT2D eigenvalue weighted by molar-refractivity contribution is 5.84. The molecule has 1 saturated heterocycles. The second kappa shape index (κ2) is 4.09. The Morgan fingerprint density at radius 3 is 2.88 bits per heavy atom. The van der Waals surface area contributed by atoms with E-state index in [0.29, 0.717) is 0 Å². The van der Waals surface area contributed by atoms with Gasteiger partial charge in [0.1, 0.15) is 24.7 Å². The minimum atomic E-state index is -1.03. The Labute approximate surface area is 92.3 Å². The highest BCUT2D eigenvalue weighted by Crippen LogP contribution is 2.40. The molecule has 16 heavy (non-hydrogen) atoms. The molecule has 1 aliphatic heterocycles. The summed E-state index contributed by atoms with van der Waals surface area (Å²) in [6.07, 6.45) is 4.17. The molecule has 0 bridgehead atoms. The van der Waals surface area contributed by atoms with Gasteiger partial charge in [0.05, 0.1) is 5.92 Å². The molecule has 0 aromatic carbocycles. The molecule has 0 amide bonds. The molecule has 5 heteroatoms. The zero-order valence-corrected chi connectivity index (χ0v) is 8.54. The number of carboxylic acids is 1. The Morgan fingerprint density at radius 1 is 1.50 bits per heavy atom. The van der Waals surface area contributed by atoms with Crippen molar-refractivity contribution in [3.8, 4) is 0 Å². The fraction of sp³-hybridized carbons (Fsp3) is 0.455. The minimum absolute atomic E-state index is 0.0878. The lowest BCUT2D eigenvalue weighted by atomic mass is 9.84. The molecular weight excluding hydrogens is 212 g/mol. The van der Waals surface area contributed by atoms with Crippen molar-refractivity contribution in [2.75, 3.05) is 6.61 Å². The molecule has 5 nitrogen and oxygen atoms in total. The molecule has 0 radical (unpaired) electrons. The molecule has 1 N–H and O–H groups in total. The van der Waals surface area contributed by atoms with E-state index in [0.717, 1.165) is 0 Å². The molecule has 1 aliphatic carbocycles. The molecule has 4 unspecified atom stereocenters. The van der Waals surface area contributed by atoms with Crippen molar-refractivity contribution >= 4 is 11.9 Å². The van der Waals surface area contributed by atoms with E-state index in [4.69, 9.17) is 14.6 Å². The zero-order valence-electron chi connectivity index (χ0n) is 8.54. The van der Waals surface area contributed by atoms with E-state index in [-0.39, 0.29) is 18.8 Å². The number of carboxylic acid groups (broad SMARTS) is 1. The van der Waals surface area contributed by atoms with Crippen LogP contribution in [0, 0.1) is 11.8 Å². The Balaban J connectivity index is 2.09. The molecular formula is C11H12O5. The molecule has 1 fully saturated rings. The van der Waals surface area contributed by atoms with E-state index < -0.39 is 23.8 Å². The van der Waals surface area contributed by atoms with E-state index >= 15 is 0 Å². The third kappa shape index (κ3) is 1.86. The number of carbonyl (C=O) groups is 2. The van der Waals surface area contributed by atoms with Gasteiger partial charge in [-0.2, -0.15) is 0 Å². The number of rotatable bonds is 4. The van der Waals surface area contributed by atoms with Crippen LogP contribution in [0.5, 0.6) is 0 Å². The third-order valence-electron chi connectivity index (χ3n) is 2.71. The van der Waals surface area contributed by atoms with Crippen LogP contribution in [-0.2, 0) is 19.1 Å². The number of fused-ring (bicyclic) bond motifs is 1. The Kier molecular flexibility index (Phi) is 2.78. The van der Waals surface area contributed by atoms with Gasteiger partial charge in [-0.15, -0.1) is 0 Å². The first-order valence-corrected chi connectivity index (χ1v) is 4.99. The van der Waals surface area contributed by atoms with Gasteiger partial charge < -0.3 is 14.6 Å². The van der Waals surface area contributed by atoms with Crippen LogP contribution in [0.2, 0.25) is 0 Å². The maximum atomic E-state index is 11.6. The van der Waals surface area contributed by atoms with Crippen LogP contribution in [0.25, 0.3) is 0 Å². The monoisotopic (exact) mass is 224 g/mol. The summed E-state index contributed by atoms with van der Waals surface area (Å²) in [6.45, 7) is 3.51. The molecule has 0 spiro atoms. The number of hydrogen-bond donors (Lipinski definition) is 1. The molecule has 0 saturated carbocycles. The minimum Gasteiger partial charge on any atom is -0.481 e. The van der Waals surface area contributed by atoms with Gasteiger partial charge in [-0.25, -0.2) is 0 Å². The molecule has 0 aromatic heterocycles. The van der Waals surface area contributed by atoms with E-state index in [2.05, 4.69) is 6.58 Å². The normalized spacial score (nSPS) is 35.0. The van der Waals surface area contributed by atoms with Crippen LogP contribution < -0.4 is 0 Å². The van der Waals surface area contributed by atoms with Gasteiger partial charge >= 0.3 is 11.9 Å². The van der Waals surface area contributed by atoms with E-state index in [1.165, 1.54) is 6.08 Å². The predicted octanol–water partition coefficient (Wildman–Crippen LogP) is 0.370. The summed E-state index contributed by atoms with van der Waals surface area (Å²) in [7, 11) is 0. The molecule has 4 atom stereocenters. The lowest BCUT2D eigenvalue weighted by molar-refractivity contribution is -0.155. The van der Waals surface area contributed by atoms with Crippen molar-refractivity contribution in [3.63, 3.8) is 0 Å². The zero-order chi connectivity index (χ0) is 11.7. The van der Waals surface area contributed by atoms with Crippen molar-refractivity contribution in [2.45, 2.75) is 12.2 Å². The lowest BCUT2D eigenvalue weighted by Gasteiger charge is -2.19. The highest BCUT2D eigenvalue weighted by atomic mass is 16.6. The number of ether oxygens (including phenoxy) is 2. The molecule has 2 rings (SSSR count). The average molecular weight is 224 g/mol. The smallest absolute Gasteiger partial charge is 0.314 e. The fourth-order valence-corrected chi connectivity index (χ4v) is 1.89. The first-order chi connectivity index (χ1) is 7.65. The van der Waals surface area contributed by atoms with Crippen LogP contribution in [-0.4, -0.2) is 35.9 Å². The standard InChI is InChI=1S/C11H12O5/c1-2-5-15-11(14)6-3-4-7-9(16-7)8(6)10(12)13/h2-4,6-9H,1,5H2,(H,12,13). The Bertz CT molecular complexity index is 359. The number of esters is 1. The maximum absolute atomic E-state index is 11.6. The molecule has 1 heterocycles. The molecule has 86 valence electrons. The van der Waals surface area contributed by atoms with Crippen molar-refractivity contribution < 1.29 is 24.2 Å². The second-order valence-corrected chi connectivity index (χ2v) is 3.76. The van der Waals surface area contributed by atoms with Crippen molar-refractivity contribution in [3.05, 3.63) is 24.8 Å². The van der Waals surface area contributed by atoms with Gasteiger partial charge in [0.25, 0.3) is 0 Å². The topological polar surface area (TPSA) is 76.1 Å². The van der Waals surface area contributed by atoms with Gasteiger partial charge in [0, 0.05) is 0 Å². The molecule has 2 aliphatic rings. The van der Waals surface area contributed by atoms with E-state index in [1.807, 2.05) is 0 Å². The van der Waals surface area contributed by atoms with Gasteiger partial charge in [-0.1, -0.05) is 24.8 Å². The SMILES string of the molecule is C=CCOC(=O)C1C=CC2OC2C1C(=O)O. The van der Waals surface area contributed by atoms with Crippen molar-refractivity contribution in [1.82, 2.24) is 0 Å². The van der Waals surface area contributed by atoms with E-state index in [9.17, 15) is 9.59 Å². The Morgan fingerprint density at radius 2 is 2.25 bits per heavy atom. The first-order valence-electron chi connectivity index (χ1n) is 4.99. The summed E-state index contributed by atoms with van der Waals surface area (Å²) in [4.78, 5) is 22.6. The quantitative estimate of drug-likeness (QED) is 0.424. The largest absolute Gasteiger partial charge is 0.481 e. The second-order valence-electron chi connectivity index (χ2n) is 3.76. The van der Waals surface area contributed by atoms with Crippen LogP contribution >= 0.6 is 0 Å². The summed E-state index contributed by atoms with van der Waals surface area (Å²) < 4.78 is 9.99. The average Bonchev–Trinajstić information content (AvgIpc) is 3.02. The van der Waals surface area contributed by atoms with Gasteiger partial charge in [-0.05, 0) is 0 Å². The number of aliphatic carboxylic acids is 1. The fourth-order valence-electron chi connectivity index (χ4n) is 1.89. The predicted molar refractivity (Wildman–Crippen MR) is 53.6 cm³/mol. The van der Waals surface area contributed by atoms with Crippen molar-refractivity contribution in [1.29, 1.82) is 0 Å². The summed E-state index contributed by atoms with van der Waals surface area (Å²) in [5, 5.41) is 9.04. The highest BCUT2D eigenvalue weighted by Gasteiger charge is 2.54. The summed E-state index contributed by atoms with van der Waals surface area (Å²) in [5.74, 6) is -3.18. The molecule has 0 aromatic rings. The van der Waals surface area contributed by atoms with Crippen molar-refractivity contribution in [2.24, 2.45) is 11.8 Å². The summed E-state index contributed by atoms with van der Waals surface area (Å²) in [5.41, 5.74) is 0. The first kappa shape index (κ1) is 10.9. The van der Waals surface area contributed by atoms with Gasteiger partial charge in [0.15, 0.2) is 0 Å². The van der Waals surface area contributed by atoms with Crippen LogP contribution in [0.4, 0.5) is 0 Å². The summed E-state index contributed by atoms with van der Waals surface area (Å²) in [6, 6.07) is 0. The number of carbonyl (C=O) groups excluding carboxylic acids is 1. The lowest BCUT2D eigenvalue weighted by Crippen LogP contribution is -2.36. The van der Waals surface area contributed by atoms with Gasteiger partial charge in [0.2, 0.25) is 0 Å². The van der Waals surface area contributed by atoms with Crippen LogP contribution in [0.1, 0.15) is 0 Å². The maximum Gasteiger partial charge on any atom is 0.314 e. The number of epoxide rings is 1. The van der Waals surface area contributed by atoms with Gasteiger partial charge in [-0.3, -0.25) is 9.59 Å². The van der Waals surface area contributed by atoms with Crippen LogP contribution in [0.3, 0.4) is 0 Å².